The van der Waals surface area contributed by atoms with E-state index >= 15 is 0 Å². The van der Waals surface area contributed by atoms with E-state index in [1.807, 2.05) is 16.8 Å². The number of nitrogens with one attached hydrogen (secondary N) is 1. The van der Waals surface area contributed by atoms with Gasteiger partial charge >= 0.3 is 0 Å². The first-order valence-corrected chi connectivity index (χ1v) is 8.87. The zero-order valence-electron chi connectivity index (χ0n) is 15.0. The first-order chi connectivity index (χ1) is 12.9. The Morgan fingerprint density at radius 3 is 2.74 bits per heavy atom. The summed E-state index contributed by atoms with van der Waals surface area (Å²) in [4.78, 5) is 3.98. The molecule has 7 heteroatoms. The quantitative estimate of drug-likeness (QED) is 0.705. The van der Waals surface area contributed by atoms with Gasteiger partial charge in [0.1, 0.15) is 12.7 Å². The van der Waals surface area contributed by atoms with Crippen LogP contribution in [-0.2, 0) is 19.6 Å². The van der Waals surface area contributed by atoms with Gasteiger partial charge in [-0.1, -0.05) is 36.4 Å². The van der Waals surface area contributed by atoms with E-state index in [1.54, 1.807) is 12.7 Å². The molecule has 0 saturated carbocycles. The van der Waals surface area contributed by atoms with Crippen molar-refractivity contribution >= 4 is 12.4 Å². The minimum atomic E-state index is 0. The molecule has 27 heavy (non-hydrogen) atoms. The van der Waals surface area contributed by atoms with Crippen molar-refractivity contribution in [2.24, 2.45) is 0 Å². The van der Waals surface area contributed by atoms with Gasteiger partial charge in [0.25, 0.3) is 0 Å². The second-order valence-electron chi connectivity index (χ2n) is 6.31. The van der Waals surface area contributed by atoms with Crippen molar-refractivity contribution in [1.29, 1.82) is 0 Å². The molecule has 1 aromatic heterocycles. The van der Waals surface area contributed by atoms with Crippen LogP contribution in [0.25, 0.3) is 0 Å². The van der Waals surface area contributed by atoms with Crippen LogP contribution in [-0.4, -0.2) is 28.0 Å². The predicted molar refractivity (Wildman–Crippen MR) is 105 cm³/mol. The largest absolute Gasteiger partial charge is 0.490 e. The molecule has 3 aromatic rings. The van der Waals surface area contributed by atoms with Gasteiger partial charge in [-0.3, -0.25) is 0 Å². The molecule has 0 spiro atoms. The van der Waals surface area contributed by atoms with Gasteiger partial charge in [0.2, 0.25) is 0 Å². The molecule has 0 fully saturated rings. The monoisotopic (exact) mass is 386 g/mol. The summed E-state index contributed by atoms with van der Waals surface area (Å²) in [5.74, 6) is 1.72. The van der Waals surface area contributed by atoms with Crippen LogP contribution in [0.3, 0.4) is 0 Å². The van der Waals surface area contributed by atoms with Gasteiger partial charge in [-0.2, -0.15) is 5.10 Å². The minimum Gasteiger partial charge on any atom is -0.490 e. The van der Waals surface area contributed by atoms with Crippen LogP contribution in [0.5, 0.6) is 11.5 Å². The Hall–Kier alpha value is -2.57. The fourth-order valence-corrected chi connectivity index (χ4v) is 3.07. The van der Waals surface area contributed by atoms with Crippen LogP contribution in [0.15, 0.2) is 55.1 Å². The van der Waals surface area contributed by atoms with Gasteiger partial charge in [-0.05, 0) is 17.2 Å². The van der Waals surface area contributed by atoms with E-state index in [0.29, 0.717) is 13.2 Å². The second kappa shape index (κ2) is 9.39. The number of rotatable bonds is 6. The molecular formula is C20H23ClN4O2. The van der Waals surface area contributed by atoms with E-state index in [-0.39, 0.29) is 12.4 Å². The Kier molecular flexibility index (Phi) is 6.68. The summed E-state index contributed by atoms with van der Waals surface area (Å²) in [6.45, 7) is 3.66. The molecular weight excluding hydrogens is 364 g/mol. The fraction of sp³-hybridized carbons (Fsp3) is 0.300. The smallest absolute Gasteiger partial charge is 0.165 e. The average Bonchev–Trinajstić information content (AvgIpc) is 3.04. The molecule has 1 N–H and O–H groups in total. The number of hydrogen-bond acceptors (Lipinski definition) is 5. The number of aromatic nitrogens is 3. The lowest BCUT2D eigenvalue weighted by atomic mass is 10.1. The molecule has 0 unspecified atom stereocenters. The Morgan fingerprint density at radius 2 is 1.85 bits per heavy atom. The molecule has 142 valence electrons. The number of halogens is 1. The number of fused-ring (bicyclic) bond motifs is 1. The molecule has 1 aliphatic rings. The van der Waals surface area contributed by atoms with E-state index in [0.717, 1.165) is 43.1 Å². The number of nitrogens with zero attached hydrogens (tertiary/aromatic N) is 3. The van der Waals surface area contributed by atoms with Crippen molar-refractivity contribution in [1.82, 2.24) is 20.1 Å². The van der Waals surface area contributed by atoms with Gasteiger partial charge in [0.05, 0.1) is 19.8 Å². The molecule has 4 rings (SSSR count). The molecule has 0 bridgehead atoms. The molecule has 1 aliphatic heterocycles. The van der Waals surface area contributed by atoms with E-state index in [1.165, 1.54) is 11.1 Å². The lowest BCUT2D eigenvalue weighted by Crippen LogP contribution is -2.14. The predicted octanol–water partition coefficient (Wildman–Crippen LogP) is 3.20. The second-order valence-corrected chi connectivity index (χ2v) is 6.31. The van der Waals surface area contributed by atoms with Crippen LogP contribution in [0.2, 0.25) is 0 Å². The minimum absolute atomic E-state index is 0. The number of benzene rings is 2. The maximum Gasteiger partial charge on any atom is 0.165 e. The van der Waals surface area contributed by atoms with Gasteiger partial charge in [0, 0.05) is 25.1 Å². The highest BCUT2D eigenvalue weighted by Crippen LogP contribution is 2.33. The van der Waals surface area contributed by atoms with Crippen molar-refractivity contribution in [2.45, 2.75) is 26.1 Å². The van der Waals surface area contributed by atoms with Crippen LogP contribution in [0.1, 0.15) is 23.1 Å². The van der Waals surface area contributed by atoms with Crippen molar-refractivity contribution in [3.63, 3.8) is 0 Å². The summed E-state index contributed by atoms with van der Waals surface area (Å²) in [5, 5.41) is 7.66. The molecule has 6 nitrogen and oxygen atoms in total. The van der Waals surface area contributed by atoms with Gasteiger partial charge in [0.15, 0.2) is 11.5 Å². The number of hydrogen-bond donors (Lipinski definition) is 1. The van der Waals surface area contributed by atoms with E-state index in [2.05, 4.69) is 45.7 Å². The number of ether oxygens (including phenoxy) is 2. The third-order valence-corrected chi connectivity index (χ3v) is 4.30. The fourth-order valence-electron chi connectivity index (χ4n) is 3.07. The van der Waals surface area contributed by atoms with E-state index < -0.39 is 0 Å². The highest BCUT2D eigenvalue weighted by atomic mass is 35.5. The molecule has 2 aromatic carbocycles. The Labute approximate surface area is 164 Å². The maximum absolute atomic E-state index is 5.88. The van der Waals surface area contributed by atoms with Crippen LogP contribution >= 0.6 is 12.4 Å². The van der Waals surface area contributed by atoms with Crippen molar-refractivity contribution in [3.05, 3.63) is 71.8 Å². The zero-order valence-corrected chi connectivity index (χ0v) is 15.8. The normalized spacial score (nSPS) is 12.9. The van der Waals surface area contributed by atoms with Crippen LogP contribution in [0, 0.1) is 0 Å². The summed E-state index contributed by atoms with van der Waals surface area (Å²) in [6.07, 6.45) is 4.20. The standard InChI is InChI=1S/C20H22N4O2.ClH/c1-4-16(10-17(5-1)13-24-15-22-14-23-24)11-21-12-18-6-2-7-19-20(18)26-9-3-8-25-19;/h1-2,4-7,10,14-15,21H,3,8-9,11-13H2;1H. The summed E-state index contributed by atoms with van der Waals surface area (Å²) in [6, 6.07) is 14.6. The topological polar surface area (TPSA) is 61.2 Å². The van der Waals surface area contributed by atoms with Crippen LogP contribution in [0.4, 0.5) is 0 Å². The van der Waals surface area contributed by atoms with E-state index in [9.17, 15) is 0 Å². The van der Waals surface area contributed by atoms with Gasteiger partial charge in [-0.25, -0.2) is 9.67 Å². The third-order valence-electron chi connectivity index (χ3n) is 4.30. The summed E-state index contributed by atoms with van der Waals surface area (Å²) < 4.78 is 13.5. The lowest BCUT2D eigenvalue weighted by molar-refractivity contribution is 0.296. The van der Waals surface area contributed by atoms with Crippen LogP contribution < -0.4 is 14.8 Å². The zero-order chi connectivity index (χ0) is 17.6. The Bertz CT molecular complexity index is 855. The summed E-state index contributed by atoms with van der Waals surface area (Å²) >= 11 is 0. The summed E-state index contributed by atoms with van der Waals surface area (Å²) in [7, 11) is 0. The average molecular weight is 387 g/mol. The highest BCUT2D eigenvalue weighted by Gasteiger charge is 2.13. The summed E-state index contributed by atoms with van der Waals surface area (Å²) in [5.41, 5.74) is 3.57. The van der Waals surface area contributed by atoms with Gasteiger partial charge < -0.3 is 14.8 Å². The Morgan fingerprint density at radius 1 is 1.00 bits per heavy atom. The van der Waals surface area contributed by atoms with E-state index in [4.69, 9.17) is 9.47 Å². The van der Waals surface area contributed by atoms with Gasteiger partial charge in [-0.15, -0.1) is 12.4 Å². The van der Waals surface area contributed by atoms with Crippen molar-refractivity contribution in [2.75, 3.05) is 13.2 Å². The SMILES string of the molecule is Cl.c1cc(CNCc2cccc3c2OCCCO3)cc(Cn2cncn2)c1. The first kappa shape index (κ1) is 19.2. The molecule has 0 radical (unpaired) electrons. The first-order valence-electron chi connectivity index (χ1n) is 8.87. The van der Waals surface area contributed by atoms with Crippen molar-refractivity contribution < 1.29 is 9.47 Å². The molecule has 0 atom stereocenters. The lowest BCUT2D eigenvalue weighted by Gasteiger charge is -2.13. The molecule has 0 aliphatic carbocycles. The molecule has 2 heterocycles. The Balaban J connectivity index is 0.00000210. The number of para-hydroxylation sites is 1. The highest BCUT2D eigenvalue weighted by molar-refractivity contribution is 5.85. The molecule has 0 saturated heterocycles. The van der Waals surface area contributed by atoms with Crippen molar-refractivity contribution in [3.8, 4) is 11.5 Å². The third kappa shape index (κ3) is 4.99. The molecule has 0 amide bonds. The maximum atomic E-state index is 5.88.